The van der Waals surface area contributed by atoms with Crippen LogP contribution in [0.25, 0.3) is 22.0 Å². The predicted molar refractivity (Wildman–Crippen MR) is 162 cm³/mol. The number of aryl methyl sites for hydroxylation is 1. The van der Waals surface area contributed by atoms with Crippen LogP contribution in [0.4, 0.5) is 26.3 Å². The maximum atomic E-state index is 13.7. The standard InChI is InChI=1S/C35H28F6N2O3/c1-19-21(3)43(18-22-8-10-23(11-9-22)27-6-4-5-7-28(27)33(45)46)31-15-12-24(16-29(19)31)32(44)42-20(2)26-14-13-25(34(36,37)38)17-30(26)35(39,40)41/h4-17,20H,18H2,1-3H3,(H,42,44)(H,45,46)/t20-/m0/s1. The monoisotopic (exact) mass is 638 g/mol. The van der Waals surface area contributed by atoms with Gasteiger partial charge < -0.3 is 15.0 Å². The average molecular weight is 639 g/mol. The second kappa shape index (κ2) is 12.0. The fraction of sp³-hybridized carbons (Fsp3) is 0.200. The van der Waals surface area contributed by atoms with Crippen LogP contribution in [0.5, 0.6) is 0 Å². The molecule has 1 heterocycles. The molecule has 5 aromatic rings. The van der Waals surface area contributed by atoms with Gasteiger partial charge in [0.15, 0.2) is 0 Å². The van der Waals surface area contributed by atoms with E-state index in [1.807, 2.05) is 38.1 Å². The van der Waals surface area contributed by atoms with Gasteiger partial charge in [0.05, 0.1) is 22.7 Å². The number of alkyl halides is 6. The van der Waals surface area contributed by atoms with E-state index in [1.165, 1.54) is 6.92 Å². The van der Waals surface area contributed by atoms with Crippen molar-refractivity contribution in [2.45, 2.75) is 45.7 Å². The van der Waals surface area contributed by atoms with E-state index in [1.54, 1.807) is 42.5 Å². The number of hydrogen-bond acceptors (Lipinski definition) is 2. The number of amides is 1. The highest BCUT2D eigenvalue weighted by Crippen LogP contribution is 2.39. The number of rotatable bonds is 7. The molecule has 11 heteroatoms. The number of carbonyl (C=O) groups excluding carboxylic acids is 1. The molecule has 0 saturated heterocycles. The van der Waals surface area contributed by atoms with Gasteiger partial charge in [-0.05, 0) is 85.0 Å². The van der Waals surface area contributed by atoms with E-state index in [0.29, 0.717) is 18.2 Å². The molecule has 1 amide bonds. The van der Waals surface area contributed by atoms with Gasteiger partial charge in [0, 0.05) is 28.7 Å². The summed E-state index contributed by atoms with van der Waals surface area (Å²) >= 11 is 0. The Hall–Kier alpha value is -5.06. The molecule has 0 fully saturated rings. The maximum absolute atomic E-state index is 13.7. The van der Waals surface area contributed by atoms with Gasteiger partial charge >= 0.3 is 18.3 Å². The smallest absolute Gasteiger partial charge is 0.416 e. The van der Waals surface area contributed by atoms with E-state index < -0.39 is 47.0 Å². The van der Waals surface area contributed by atoms with Crippen molar-refractivity contribution < 1.29 is 41.0 Å². The first kappa shape index (κ1) is 32.3. The zero-order valence-electron chi connectivity index (χ0n) is 24.8. The predicted octanol–water partition coefficient (Wildman–Crippen LogP) is 9.20. The largest absolute Gasteiger partial charge is 0.478 e. The maximum Gasteiger partial charge on any atom is 0.416 e. The molecular formula is C35H28F6N2O3. The summed E-state index contributed by atoms with van der Waals surface area (Å²) in [6.45, 7) is 5.58. The minimum atomic E-state index is -5.06. The molecule has 1 atom stereocenters. The van der Waals surface area contributed by atoms with Crippen LogP contribution in [0.3, 0.4) is 0 Å². The summed E-state index contributed by atoms with van der Waals surface area (Å²) in [5, 5.41) is 12.8. The molecule has 0 aliphatic carbocycles. The van der Waals surface area contributed by atoms with E-state index in [2.05, 4.69) is 9.88 Å². The van der Waals surface area contributed by atoms with Crippen LogP contribution < -0.4 is 5.32 Å². The number of hydrogen-bond donors (Lipinski definition) is 2. The number of carbonyl (C=O) groups is 2. The molecule has 238 valence electrons. The number of carboxylic acid groups (broad SMARTS) is 1. The second-order valence-electron chi connectivity index (χ2n) is 11.1. The number of nitrogens with one attached hydrogen (secondary N) is 1. The highest BCUT2D eigenvalue weighted by molar-refractivity contribution is 5.99. The van der Waals surface area contributed by atoms with Crippen molar-refractivity contribution in [3.05, 3.63) is 130 Å². The first-order valence-corrected chi connectivity index (χ1v) is 14.2. The van der Waals surface area contributed by atoms with Crippen molar-refractivity contribution in [1.29, 1.82) is 0 Å². The molecule has 2 N–H and O–H groups in total. The van der Waals surface area contributed by atoms with E-state index in [-0.39, 0.29) is 17.2 Å². The van der Waals surface area contributed by atoms with Gasteiger partial charge in [0.2, 0.25) is 0 Å². The zero-order valence-corrected chi connectivity index (χ0v) is 24.8. The van der Waals surface area contributed by atoms with Gasteiger partial charge in [-0.1, -0.05) is 48.5 Å². The summed E-state index contributed by atoms with van der Waals surface area (Å²) in [6, 6.07) is 19.3. The Labute approximate surface area is 260 Å². The highest BCUT2D eigenvalue weighted by Gasteiger charge is 2.39. The van der Waals surface area contributed by atoms with Gasteiger partial charge in [-0.3, -0.25) is 4.79 Å². The summed E-state index contributed by atoms with van der Waals surface area (Å²) in [6.07, 6.45) is -10.0. The van der Waals surface area contributed by atoms with E-state index >= 15 is 0 Å². The van der Waals surface area contributed by atoms with Crippen LogP contribution in [0.2, 0.25) is 0 Å². The lowest BCUT2D eigenvalue weighted by Gasteiger charge is -2.21. The molecule has 0 aliphatic heterocycles. The highest BCUT2D eigenvalue weighted by atomic mass is 19.4. The third kappa shape index (κ3) is 6.35. The van der Waals surface area contributed by atoms with Crippen molar-refractivity contribution in [1.82, 2.24) is 9.88 Å². The molecule has 0 saturated carbocycles. The Morgan fingerprint density at radius 3 is 2.15 bits per heavy atom. The normalized spacial score (nSPS) is 12.7. The number of aromatic nitrogens is 1. The minimum absolute atomic E-state index is 0.0569. The molecule has 5 rings (SSSR count). The second-order valence-corrected chi connectivity index (χ2v) is 11.1. The number of aromatic carboxylic acids is 1. The summed E-state index contributed by atoms with van der Waals surface area (Å²) in [5.41, 5.74) is 1.97. The molecular weight excluding hydrogens is 610 g/mol. The van der Waals surface area contributed by atoms with Gasteiger partial charge in [0.1, 0.15) is 0 Å². The summed E-state index contributed by atoms with van der Waals surface area (Å²) in [7, 11) is 0. The van der Waals surface area contributed by atoms with Crippen molar-refractivity contribution in [3.63, 3.8) is 0 Å². The Bertz CT molecular complexity index is 1960. The third-order valence-corrected chi connectivity index (χ3v) is 8.16. The first-order chi connectivity index (χ1) is 21.6. The summed E-state index contributed by atoms with van der Waals surface area (Å²) < 4.78 is 82.4. The number of nitrogens with zero attached hydrogens (tertiary/aromatic N) is 1. The van der Waals surface area contributed by atoms with E-state index in [4.69, 9.17) is 0 Å². The molecule has 0 aliphatic rings. The van der Waals surface area contributed by atoms with Crippen molar-refractivity contribution in [3.8, 4) is 11.1 Å². The van der Waals surface area contributed by atoms with Crippen LogP contribution in [0, 0.1) is 13.8 Å². The van der Waals surface area contributed by atoms with Crippen molar-refractivity contribution in [2.24, 2.45) is 0 Å². The number of fused-ring (bicyclic) bond motifs is 1. The Balaban J connectivity index is 1.39. The van der Waals surface area contributed by atoms with Crippen LogP contribution in [0.1, 0.15) is 67.2 Å². The molecule has 0 spiro atoms. The molecule has 46 heavy (non-hydrogen) atoms. The lowest BCUT2D eigenvalue weighted by Crippen LogP contribution is -2.28. The fourth-order valence-corrected chi connectivity index (χ4v) is 5.60. The lowest BCUT2D eigenvalue weighted by molar-refractivity contribution is -0.143. The summed E-state index contributed by atoms with van der Waals surface area (Å²) in [5.74, 6) is -1.69. The average Bonchev–Trinajstić information content (AvgIpc) is 3.24. The lowest BCUT2D eigenvalue weighted by atomic mass is 9.97. The van der Waals surface area contributed by atoms with E-state index in [0.717, 1.165) is 39.4 Å². The van der Waals surface area contributed by atoms with Crippen molar-refractivity contribution >= 4 is 22.8 Å². The van der Waals surface area contributed by atoms with Gasteiger partial charge in [-0.2, -0.15) is 26.3 Å². The Morgan fingerprint density at radius 1 is 0.848 bits per heavy atom. The molecule has 4 aromatic carbocycles. The van der Waals surface area contributed by atoms with Gasteiger partial charge in [0.25, 0.3) is 5.91 Å². The minimum Gasteiger partial charge on any atom is -0.478 e. The zero-order chi connectivity index (χ0) is 33.6. The molecule has 0 unspecified atom stereocenters. The van der Waals surface area contributed by atoms with Crippen molar-refractivity contribution in [2.75, 3.05) is 0 Å². The van der Waals surface area contributed by atoms with Gasteiger partial charge in [-0.15, -0.1) is 0 Å². The van der Waals surface area contributed by atoms with Crippen LogP contribution >= 0.6 is 0 Å². The molecule has 0 radical (unpaired) electrons. The number of carboxylic acids is 1. The quantitative estimate of drug-likeness (QED) is 0.175. The summed E-state index contributed by atoms with van der Waals surface area (Å²) in [4.78, 5) is 24.8. The third-order valence-electron chi connectivity index (χ3n) is 8.16. The SMILES string of the molecule is Cc1c(C)n(Cc2ccc(-c3ccccc3C(=O)O)cc2)c2ccc(C(=O)N[C@@H](C)c3ccc(C(F)(F)F)cc3C(F)(F)F)cc12. The van der Waals surface area contributed by atoms with Crippen LogP contribution in [-0.2, 0) is 18.9 Å². The first-order valence-electron chi connectivity index (χ1n) is 14.2. The number of halogens is 6. The fourth-order valence-electron chi connectivity index (χ4n) is 5.60. The molecule has 1 aromatic heterocycles. The Morgan fingerprint density at radius 2 is 1.52 bits per heavy atom. The van der Waals surface area contributed by atoms with E-state index in [9.17, 15) is 41.0 Å². The van der Waals surface area contributed by atoms with Crippen LogP contribution in [0.15, 0.2) is 84.9 Å². The topological polar surface area (TPSA) is 71.3 Å². The van der Waals surface area contributed by atoms with Crippen LogP contribution in [-0.4, -0.2) is 21.6 Å². The Kier molecular flexibility index (Phi) is 8.46. The molecule has 5 nitrogen and oxygen atoms in total. The van der Waals surface area contributed by atoms with Gasteiger partial charge in [-0.25, -0.2) is 4.79 Å². The number of benzene rings is 4. The molecule has 0 bridgehead atoms.